The van der Waals surface area contributed by atoms with E-state index in [1.165, 1.54) is 97.0 Å². The van der Waals surface area contributed by atoms with E-state index in [4.69, 9.17) is 0 Å². The Balaban J connectivity index is 1.32. The van der Waals surface area contributed by atoms with Crippen LogP contribution in [0.1, 0.15) is 0 Å². The highest BCUT2D eigenvalue weighted by Crippen LogP contribution is 2.50. The highest BCUT2D eigenvalue weighted by atomic mass is 32.1. The van der Waals surface area contributed by atoms with Crippen LogP contribution in [0.3, 0.4) is 0 Å². The van der Waals surface area contributed by atoms with Gasteiger partial charge in [0.2, 0.25) is 0 Å². The summed E-state index contributed by atoms with van der Waals surface area (Å²) in [5.74, 6) is 0. The zero-order valence-electron chi connectivity index (χ0n) is 26.7. The Morgan fingerprint density at radius 3 is 1.53 bits per heavy atom. The van der Waals surface area contributed by atoms with Crippen LogP contribution in [0, 0.1) is 0 Å². The van der Waals surface area contributed by atoms with Crippen molar-refractivity contribution >= 4 is 63.8 Å². The molecule has 10 rings (SSSR count). The Morgan fingerprint density at radius 2 is 0.837 bits per heavy atom. The summed E-state index contributed by atoms with van der Waals surface area (Å²) in [4.78, 5) is 0. The van der Waals surface area contributed by atoms with Crippen LogP contribution in [-0.2, 0) is 0 Å². The fraction of sp³-hybridized carbons (Fsp3) is 0. The lowest BCUT2D eigenvalue weighted by molar-refractivity contribution is 1.61. The number of rotatable bonds is 4. The predicted molar refractivity (Wildman–Crippen MR) is 214 cm³/mol. The molecule has 0 saturated heterocycles. The van der Waals surface area contributed by atoms with E-state index in [2.05, 4.69) is 182 Å². The molecule has 0 aliphatic rings. The van der Waals surface area contributed by atoms with Crippen LogP contribution < -0.4 is 0 Å². The molecule has 0 saturated carbocycles. The van der Waals surface area contributed by atoms with Crippen molar-refractivity contribution in [1.82, 2.24) is 0 Å². The second-order valence-corrected chi connectivity index (χ2v) is 13.8. The Bertz CT molecular complexity index is 2800. The van der Waals surface area contributed by atoms with Gasteiger partial charge in [-0.05, 0) is 89.5 Å². The highest BCUT2D eigenvalue weighted by Gasteiger charge is 2.21. The lowest BCUT2D eigenvalue weighted by Crippen LogP contribution is -1.91. The molecule has 0 radical (unpaired) electrons. The third-order valence-corrected chi connectivity index (χ3v) is 11.2. The van der Waals surface area contributed by atoms with Gasteiger partial charge in [-0.15, -0.1) is 11.3 Å². The summed E-state index contributed by atoms with van der Waals surface area (Å²) in [6, 6.07) is 66.8. The summed E-state index contributed by atoms with van der Waals surface area (Å²) in [7, 11) is 0. The van der Waals surface area contributed by atoms with Gasteiger partial charge in [-0.3, -0.25) is 0 Å². The molecule has 1 aromatic heterocycles. The second kappa shape index (κ2) is 11.3. The van der Waals surface area contributed by atoms with Crippen molar-refractivity contribution in [2.24, 2.45) is 0 Å². The molecular weight excluding hydrogens is 609 g/mol. The molecule has 228 valence electrons. The molecule has 10 aromatic rings. The van der Waals surface area contributed by atoms with Gasteiger partial charge in [-0.2, -0.15) is 0 Å². The van der Waals surface area contributed by atoms with Crippen LogP contribution in [0.2, 0.25) is 0 Å². The van der Waals surface area contributed by atoms with Gasteiger partial charge < -0.3 is 0 Å². The van der Waals surface area contributed by atoms with Crippen molar-refractivity contribution in [3.8, 4) is 44.5 Å². The third-order valence-electron chi connectivity index (χ3n) is 10.0. The first-order valence-corrected chi connectivity index (χ1v) is 17.7. The molecule has 0 spiro atoms. The standard InChI is InChI=1S/C48H30S/c1-3-15-31(16-4-1)33-20-13-21-35(29-33)45-36-22-8-7-19-34(36)30-42-47-41(27-14-28-43(47)49-48(42)45)46-39-25-11-9-23-37(39)44(32-17-5-2-6-18-32)38-24-10-12-26-40(38)46/h1-30H. The van der Waals surface area contributed by atoms with Gasteiger partial charge in [-0.25, -0.2) is 0 Å². The van der Waals surface area contributed by atoms with Gasteiger partial charge >= 0.3 is 0 Å². The molecule has 1 heterocycles. The number of hydrogen-bond acceptors (Lipinski definition) is 1. The Labute approximate surface area is 289 Å². The van der Waals surface area contributed by atoms with Gasteiger partial charge in [0.1, 0.15) is 0 Å². The van der Waals surface area contributed by atoms with Gasteiger partial charge in [0, 0.05) is 25.7 Å². The van der Waals surface area contributed by atoms with Crippen molar-refractivity contribution in [3.63, 3.8) is 0 Å². The smallest absolute Gasteiger partial charge is 0.0440 e. The molecule has 1 heteroatoms. The number of thiophene rings is 1. The van der Waals surface area contributed by atoms with Crippen LogP contribution in [0.4, 0.5) is 0 Å². The first-order chi connectivity index (χ1) is 24.3. The average molecular weight is 639 g/mol. The molecule has 0 aliphatic carbocycles. The van der Waals surface area contributed by atoms with Crippen molar-refractivity contribution < 1.29 is 0 Å². The molecule has 0 amide bonds. The summed E-state index contributed by atoms with van der Waals surface area (Å²) < 4.78 is 2.64. The molecule has 0 N–H and O–H groups in total. The number of benzene rings is 9. The minimum atomic E-state index is 1.23. The molecule has 0 nitrogen and oxygen atoms in total. The zero-order valence-corrected chi connectivity index (χ0v) is 27.5. The fourth-order valence-corrected chi connectivity index (χ4v) is 9.23. The highest BCUT2D eigenvalue weighted by molar-refractivity contribution is 7.26. The van der Waals surface area contributed by atoms with Gasteiger partial charge in [-0.1, -0.05) is 164 Å². The van der Waals surface area contributed by atoms with E-state index >= 15 is 0 Å². The first-order valence-electron chi connectivity index (χ1n) is 16.9. The van der Waals surface area contributed by atoms with E-state index < -0.39 is 0 Å². The maximum absolute atomic E-state index is 2.43. The molecule has 0 unspecified atom stereocenters. The lowest BCUT2D eigenvalue weighted by atomic mass is 9.84. The quantitative estimate of drug-likeness (QED) is 0.168. The van der Waals surface area contributed by atoms with E-state index in [1.54, 1.807) is 0 Å². The fourth-order valence-electron chi connectivity index (χ4n) is 7.94. The molecule has 0 aliphatic heterocycles. The van der Waals surface area contributed by atoms with Crippen LogP contribution >= 0.6 is 11.3 Å². The van der Waals surface area contributed by atoms with E-state index in [0.29, 0.717) is 0 Å². The van der Waals surface area contributed by atoms with Crippen molar-refractivity contribution in [2.45, 2.75) is 0 Å². The Morgan fingerprint density at radius 1 is 0.306 bits per heavy atom. The van der Waals surface area contributed by atoms with Crippen molar-refractivity contribution in [1.29, 1.82) is 0 Å². The van der Waals surface area contributed by atoms with E-state index in [0.717, 1.165) is 0 Å². The zero-order chi connectivity index (χ0) is 32.3. The average Bonchev–Trinajstić information content (AvgIpc) is 3.55. The molecule has 9 aromatic carbocycles. The normalized spacial score (nSPS) is 11.7. The van der Waals surface area contributed by atoms with Crippen LogP contribution in [0.5, 0.6) is 0 Å². The summed E-state index contributed by atoms with van der Waals surface area (Å²) in [5, 5.41) is 10.3. The third kappa shape index (κ3) is 4.44. The van der Waals surface area contributed by atoms with E-state index in [1.807, 2.05) is 11.3 Å². The maximum Gasteiger partial charge on any atom is 0.0440 e. The van der Waals surface area contributed by atoms with Crippen LogP contribution in [0.25, 0.3) is 97.0 Å². The largest absolute Gasteiger partial charge is 0.134 e. The van der Waals surface area contributed by atoms with E-state index in [-0.39, 0.29) is 0 Å². The van der Waals surface area contributed by atoms with Gasteiger partial charge in [0.05, 0.1) is 0 Å². The Kier molecular flexibility index (Phi) is 6.47. The second-order valence-electron chi connectivity index (χ2n) is 12.8. The van der Waals surface area contributed by atoms with Gasteiger partial charge in [0.25, 0.3) is 0 Å². The predicted octanol–water partition coefficient (Wildman–Crippen LogP) is 14.2. The minimum Gasteiger partial charge on any atom is -0.134 e. The molecule has 0 fully saturated rings. The summed E-state index contributed by atoms with van der Waals surface area (Å²) >= 11 is 1.92. The number of fused-ring (bicyclic) bond motifs is 6. The van der Waals surface area contributed by atoms with Crippen LogP contribution in [-0.4, -0.2) is 0 Å². The first kappa shape index (κ1) is 28.0. The lowest BCUT2D eigenvalue weighted by Gasteiger charge is -2.18. The maximum atomic E-state index is 2.43. The summed E-state index contributed by atoms with van der Waals surface area (Å²) in [6.07, 6.45) is 0. The monoisotopic (exact) mass is 638 g/mol. The molecule has 49 heavy (non-hydrogen) atoms. The Hall–Kier alpha value is -6.02. The van der Waals surface area contributed by atoms with Crippen molar-refractivity contribution in [3.05, 3.63) is 182 Å². The van der Waals surface area contributed by atoms with Crippen LogP contribution in [0.15, 0.2) is 182 Å². The minimum absolute atomic E-state index is 1.23. The van der Waals surface area contributed by atoms with Crippen molar-refractivity contribution in [2.75, 3.05) is 0 Å². The summed E-state index contributed by atoms with van der Waals surface area (Å²) in [6.45, 7) is 0. The van der Waals surface area contributed by atoms with E-state index in [9.17, 15) is 0 Å². The molecule has 0 atom stereocenters. The topological polar surface area (TPSA) is 0 Å². The SMILES string of the molecule is c1ccc(-c2cccc(-c3c4ccccc4cc4c3sc3cccc(-c5c6ccccc6c(-c6ccccc6)c6ccccc56)c34)c2)cc1. The number of hydrogen-bond donors (Lipinski definition) is 0. The summed E-state index contributed by atoms with van der Waals surface area (Å²) in [5.41, 5.74) is 10.2. The van der Waals surface area contributed by atoms with Gasteiger partial charge in [0.15, 0.2) is 0 Å². The molecule has 0 bridgehead atoms. The molecular formula is C48H30S.